The van der Waals surface area contributed by atoms with Gasteiger partial charge in [-0.25, -0.2) is 18.4 Å². The van der Waals surface area contributed by atoms with Crippen molar-refractivity contribution in [3.05, 3.63) is 52.0 Å². The molecule has 0 saturated heterocycles. The highest BCUT2D eigenvalue weighted by molar-refractivity contribution is 7.89. The Bertz CT molecular complexity index is 887. The van der Waals surface area contributed by atoms with E-state index in [0.29, 0.717) is 0 Å². The largest absolute Gasteiger partial charge is 0.479 e. The fraction of sp³-hybridized carbons (Fsp3) is 0.154. The zero-order valence-electron chi connectivity index (χ0n) is 12.3. The van der Waals surface area contributed by atoms with Gasteiger partial charge < -0.3 is 13.9 Å². The Labute approximate surface area is 136 Å². The number of hydrogen-bond acceptors (Lipinski definition) is 8. The summed E-state index contributed by atoms with van der Waals surface area (Å²) in [6.45, 7) is -0.216. The number of hydrogen-bond donors (Lipinski definition) is 1. The Morgan fingerprint density at radius 1 is 1.33 bits per heavy atom. The molecule has 1 heterocycles. The topological polar surface area (TPSA) is 152 Å². The first-order valence-electron chi connectivity index (χ1n) is 6.33. The maximum absolute atomic E-state index is 11.3. The Balaban J connectivity index is 2.22. The van der Waals surface area contributed by atoms with Crippen LogP contribution in [0.5, 0.6) is 5.75 Å². The third-order valence-corrected chi connectivity index (χ3v) is 3.78. The maximum atomic E-state index is 11.3. The molecule has 0 bridgehead atoms. The highest BCUT2D eigenvalue weighted by atomic mass is 32.2. The van der Waals surface area contributed by atoms with Crippen LogP contribution >= 0.6 is 0 Å². The van der Waals surface area contributed by atoms with Crippen LogP contribution in [0.25, 0.3) is 0 Å². The minimum Gasteiger partial charge on any atom is -0.479 e. The molecule has 0 spiro atoms. The molecular formula is C13H12N2O8S. The number of furan rings is 1. The van der Waals surface area contributed by atoms with Crippen molar-refractivity contribution in [1.29, 1.82) is 0 Å². The molecule has 0 aliphatic heterocycles. The second kappa shape index (κ2) is 6.68. The number of nitro groups is 1. The van der Waals surface area contributed by atoms with Crippen molar-refractivity contribution in [2.45, 2.75) is 11.5 Å². The van der Waals surface area contributed by atoms with Gasteiger partial charge in [-0.3, -0.25) is 10.1 Å². The summed E-state index contributed by atoms with van der Waals surface area (Å²) in [5.74, 6) is -0.677. The van der Waals surface area contributed by atoms with Crippen molar-refractivity contribution in [2.24, 2.45) is 5.14 Å². The van der Waals surface area contributed by atoms with Gasteiger partial charge in [0.05, 0.1) is 16.9 Å². The molecule has 2 aromatic rings. The van der Waals surface area contributed by atoms with Crippen molar-refractivity contribution >= 4 is 21.7 Å². The van der Waals surface area contributed by atoms with E-state index >= 15 is 0 Å². The van der Waals surface area contributed by atoms with Crippen LogP contribution in [0.15, 0.2) is 39.6 Å². The monoisotopic (exact) mass is 356 g/mol. The summed E-state index contributed by atoms with van der Waals surface area (Å²) in [5, 5.41) is 16.0. The van der Waals surface area contributed by atoms with Crippen molar-refractivity contribution < 1.29 is 32.0 Å². The number of nitrogens with zero attached hydrogens (tertiary/aromatic N) is 1. The first kappa shape index (κ1) is 17.4. The summed E-state index contributed by atoms with van der Waals surface area (Å²) >= 11 is 0. The van der Waals surface area contributed by atoms with Crippen LogP contribution in [0, 0.1) is 10.1 Å². The quantitative estimate of drug-likeness (QED) is 0.460. The van der Waals surface area contributed by atoms with Crippen molar-refractivity contribution in [3.63, 3.8) is 0 Å². The van der Waals surface area contributed by atoms with Crippen molar-refractivity contribution in [1.82, 2.24) is 0 Å². The number of esters is 1. The number of carbonyl (C=O) groups excluding carboxylic acids is 1. The van der Waals surface area contributed by atoms with Gasteiger partial charge in [-0.05, 0) is 24.3 Å². The second-order valence-electron chi connectivity index (χ2n) is 4.48. The second-order valence-corrected chi connectivity index (χ2v) is 6.04. The van der Waals surface area contributed by atoms with E-state index in [9.17, 15) is 23.3 Å². The van der Waals surface area contributed by atoms with E-state index in [1.54, 1.807) is 0 Å². The average Bonchev–Trinajstić information content (AvgIpc) is 2.99. The lowest BCUT2D eigenvalue weighted by molar-refractivity contribution is -0.386. The lowest BCUT2D eigenvalue weighted by Crippen LogP contribution is -2.12. The van der Waals surface area contributed by atoms with E-state index in [0.717, 1.165) is 18.2 Å². The number of primary sulfonamides is 1. The lowest BCUT2D eigenvalue weighted by Gasteiger charge is -2.06. The van der Waals surface area contributed by atoms with E-state index < -0.39 is 31.5 Å². The maximum Gasteiger partial charge on any atom is 0.373 e. The van der Waals surface area contributed by atoms with E-state index in [-0.39, 0.29) is 23.9 Å². The number of nitrogens with two attached hydrogens (primary N) is 1. The molecule has 0 fully saturated rings. The molecule has 128 valence electrons. The van der Waals surface area contributed by atoms with Crippen LogP contribution in [0.4, 0.5) is 5.69 Å². The summed E-state index contributed by atoms with van der Waals surface area (Å²) in [5.41, 5.74) is -0.568. The zero-order valence-corrected chi connectivity index (χ0v) is 13.1. The molecule has 0 aliphatic rings. The minimum atomic E-state index is -4.08. The van der Waals surface area contributed by atoms with Gasteiger partial charge in [-0.15, -0.1) is 0 Å². The molecule has 24 heavy (non-hydrogen) atoms. The normalized spacial score (nSPS) is 11.1. The van der Waals surface area contributed by atoms with Gasteiger partial charge in [0, 0.05) is 6.07 Å². The highest BCUT2D eigenvalue weighted by Gasteiger charge is 2.21. The van der Waals surface area contributed by atoms with Crippen molar-refractivity contribution in [2.75, 3.05) is 7.11 Å². The number of rotatable bonds is 6. The SMILES string of the molecule is COC(=O)c1ccc(COc2ccc(S(N)(=O)=O)cc2[N+](=O)[O-])o1. The molecule has 1 aromatic heterocycles. The number of carbonyl (C=O) groups is 1. The standard InChI is InChI=1S/C13H12N2O8S/c1-21-13(16)12-4-2-8(23-12)7-22-11-5-3-9(24(14,19)20)6-10(11)15(17)18/h2-6H,7H2,1H3,(H2,14,19,20). The summed E-state index contributed by atoms with van der Waals surface area (Å²) in [6, 6.07) is 5.80. The predicted octanol–water partition coefficient (Wildman–Crippen LogP) is 1.20. The van der Waals surface area contributed by atoms with Gasteiger partial charge in [0.2, 0.25) is 15.8 Å². The number of methoxy groups -OCH3 is 1. The Morgan fingerprint density at radius 2 is 2.04 bits per heavy atom. The number of ether oxygens (including phenoxy) is 2. The summed E-state index contributed by atoms with van der Waals surface area (Å²) in [7, 11) is -2.89. The average molecular weight is 356 g/mol. The Morgan fingerprint density at radius 3 is 2.62 bits per heavy atom. The van der Waals surface area contributed by atoms with Crippen LogP contribution in [0.3, 0.4) is 0 Å². The van der Waals surface area contributed by atoms with Gasteiger partial charge >= 0.3 is 11.7 Å². The molecule has 1 aromatic carbocycles. The number of nitro benzene ring substituents is 1. The first-order valence-corrected chi connectivity index (χ1v) is 7.88. The van der Waals surface area contributed by atoms with Crippen LogP contribution in [-0.2, 0) is 21.4 Å². The molecule has 0 unspecified atom stereocenters. The van der Waals surface area contributed by atoms with Gasteiger partial charge in [0.1, 0.15) is 12.4 Å². The summed E-state index contributed by atoms with van der Waals surface area (Å²) < 4.78 is 37.4. The first-order chi connectivity index (χ1) is 11.2. The molecule has 0 aliphatic carbocycles. The minimum absolute atomic E-state index is 0.0461. The summed E-state index contributed by atoms with van der Waals surface area (Å²) in [4.78, 5) is 21.1. The Kier molecular flexibility index (Phi) is 4.85. The highest BCUT2D eigenvalue weighted by Crippen LogP contribution is 2.30. The van der Waals surface area contributed by atoms with E-state index in [1.165, 1.54) is 19.2 Å². The molecular weight excluding hydrogens is 344 g/mol. The predicted molar refractivity (Wildman–Crippen MR) is 78.8 cm³/mol. The van der Waals surface area contributed by atoms with E-state index in [2.05, 4.69) is 4.74 Å². The Hall–Kier alpha value is -2.92. The van der Waals surface area contributed by atoms with Gasteiger partial charge in [-0.2, -0.15) is 0 Å². The molecule has 0 saturated carbocycles. The van der Waals surface area contributed by atoms with E-state index in [4.69, 9.17) is 14.3 Å². The van der Waals surface area contributed by atoms with Gasteiger partial charge in [0.15, 0.2) is 5.75 Å². The van der Waals surface area contributed by atoms with Gasteiger partial charge in [0.25, 0.3) is 0 Å². The molecule has 0 amide bonds. The third kappa shape index (κ3) is 3.88. The van der Waals surface area contributed by atoms with Crippen LogP contribution in [0.2, 0.25) is 0 Å². The smallest absolute Gasteiger partial charge is 0.373 e. The van der Waals surface area contributed by atoms with Gasteiger partial charge in [-0.1, -0.05) is 0 Å². The molecule has 11 heteroatoms. The van der Waals surface area contributed by atoms with Crippen LogP contribution < -0.4 is 9.88 Å². The fourth-order valence-corrected chi connectivity index (χ4v) is 2.29. The lowest BCUT2D eigenvalue weighted by atomic mass is 10.3. The molecule has 0 radical (unpaired) electrons. The zero-order chi connectivity index (χ0) is 17.9. The van der Waals surface area contributed by atoms with Crippen molar-refractivity contribution in [3.8, 4) is 5.75 Å². The molecule has 10 nitrogen and oxygen atoms in total. The number of sulfonamides is 1. The molecule has 2 N–H and O–H groups in total. The van der Waals surface area contributed by atoms with Crippen LogP contribution in [-0.4, -0.2) is 26.4 Å². The van der Waals surface area contributed by atoms with E-state index in [1.807, 2.05) is 0 Å². The fourth-order valence-electron chi connectivity index (χ4n) is 1.75. The number of benzene rings is 1. The van der Waals surface area contributed by atoms with Crippen LogP contribution in [0.1, 0.15) is 16.3 Å². The third-order valence-electron chi connectivity index (χ3n) is 2.87. The summed E-state index contributed by atoms with van der Waals surface area (Å²) in [6.07, 6.45) is 0. The molecule has 0 atom stereocenters. The molecule has 2 rings (SSSR count).